The molecular formula is C14H23N3OS. The highest BCUT2D eigenvalue weighted by atomic mass is 32.2. The molecule has 0 saturated carbocycles. The highest BCUT2D eigenvalue weighted by Gasteiger charge is 2.41. The number of aryl methyl sites for hydroxylation is 1. The van der Waals surface area contributed by atoms with Crippen LogP contribution in [-0.4, -0.2) is 33.5 Å². The van der Waals surface area contributed by atoms with Gasteiger partial charge in [0.1, 0.15) is 0 Å². The van der Waals surface area contributed by atoms with E-state index < -0.39 is 0 Å². The maximum Gasteiger partial charge on any atom is 0.0800 e. The standard InChI is InChI=1S/C14H23N3OS/c1-10-13(8-15)11(2)17(16-10)12-3-5-18-14(7-12)4-6-19-9-14/h12H,3-9,15H2,1-2H3. The second-order valence-corrected chi connectivity index (χ2v) is 6.88. The first kappa shape index (κ1) is 13.5. The third kappa shape index (κ3) is 2.32. The van der Waals surface area contributed by atoms with Gasteiger partial charge in [-0.15, -0.1) is 0 Å². The fourth-order valence-electron chi connectivity index (χ4n) is 3.42. The van der Waals surface area contributed by atoms with Crippen molar-refractivity contribution >= 4 is 11.8 Å². The molecule has 0 aromatic carbocycles. The van der Waals surface area contributed by atoms with E-state index in [9.17, 15) is 0 Å². The van der Waals surface area contributed by atoms with Crippen LogP contribution in [0.1, 0.15) is 42.3 Å². The minimum absolute atomic E-state index is 0.114. The average Bonchev–Trinajstić information content (AvgIpc) is 2.95. The van der Waals surface area contributed by atoms with Crippen molar-refractivity contribution in [2.75, 3.05) is 18.1 Å². The van der Waals surface area contributed by atoms with Crippen LogP contribution in [0.2, 0.25) is 0 Å². The zero-order valence-corrected chi connectivity index (χ0v) is 12.6. The van der Waals surface area contributed by atoms with Gasteiger partial charge in [0.25, 0.3) is 0 Å². The Balaban J connectivity index is 1.85. The summed E-state index contributed by atoms with van der Waals surface area (Å²) in [5, 5.41) is 4.73. The Labute approximate surface area is 119 Å². The predicted molar refractivity (Wildman–Crippen MR) is 78.5 cm³/mol. The van der Waals surface area contributed by atoms with Crippen LogP contribution in [-0.2, 0) is 11.3 Å². The molecule has 5 heteroatoms. The summed E-state index contributed by atoms with van der Waals surface area (Å²) in [7, 11) is 0. The first-order valence-electron chi connectivity index (χ1n) is 7.11. The lowest BCUT2D eigenvalue weighted by molar-refractivity contribution is -0.0781. The molecule has 0 radical (unpaired) electrons. The fourth-order valence-corrected chi connectivity index (χ4v) is 4.80. The molecule has 2 N–H and O–H groups in total. The van der Waals surface area contributed by atoms with Gasteiger partial charge < -0.3 is 10.5 Å². The van der Waals surface area contributed by atoms with Crippen molar-refractivity contribution in [3.05, 3.63) is 17.0 Å². The lowest BCUT2D eigenvalue weighted by Crippen LogP contribution is -2.41. The van der Waals surface area contributed by atoms with E-state index in [1.54, 1.807) is 0 Å². The molecule has 2 fully saturated rings. The predicted octanol–water partition coefficient (Wildman–Crippen LogP) is 2.19. The van der Waals surface area contributed by atoms with Gasteiger partial charge in [-0.3, -0.25) is 4.68 Å². The van der Waals surface area contributed by atoms with Crippen molar-refractivity contribution in [1.82, 2.24) is 9.78 Å². The second-order valence-electron chi connectivity index (χ2n) is 5.78. The van der Waals surface area contributed by atoms with E-state index in [0.717, 1.165) is 30.9 Å². The Morgan fingerprint density at radius 3 is 3.00 bits per heavy atom. The Bertz CT molecular complexity index is 466. The first-order valence-corrected chi connectivity index (χ1v) is 8.27. The van der Waals surface area contributed by atoms with Crippen molar-refractivity contribution in [1.29, 1.82) is 0 Å². The van der Waals surface area contributed by atoms with Gasteiger partial charge in [0.15, 0.2) is 0 Å². The van der Waals surface area contributed by atoms with E-state index in [1.807, 2.05) is 11.8 Å². The highest BCUT2D eigenvalue weighted by Crippen LogP contribution is 2.42. The molecule has 0 aliphatic carbocycles. The zero-order chi connectivity index (χ0) is 13.5. The molecule has 1 spiro atoms. The summed E-state index contributed by atoms with van der Waals surface area (Å²) in [5.74, 6) is 2.38. The van der Waals surface area contributed by atoms with Crippen LogP contribution in [0.3, 0.4) is 0 Å². The molecule has 0 bridgehead atoms. The molecule has 2 aliphatic heterocycles. The quantitative estimate of drug-likeness (QED) is 0.903. The molecule has 2 aliphatic rings. The molecule has 4 nitrogen and oxygen atoms in total. The molecule has 1 aromatic heterocycles. The van der Waals surface area contributed by atoms with Gasteiger partial charge in [0.2, 0.25) is 0 Å². The third-order valence-electron chi connectivity index (χ3n) is 4.56. The number of aromatic nitrogens is 2. The van der Waals surface area contributed by atoms with Crippen LogP contribution in [0.25, 0.3) is 0 Å². The van der Waals surface area contributed by atoms with Crippen molar-refractivity contribution in [2.24, 2.45) is 5.73 Å². The van der Waals surface area contributed by atoms with Crippen molar-refractivity contribution in [3.8, 4) is 0 Å². The average molecular weight is 281 g/mol. The lowest BCUT2D eigenvalue weighted by atomic mass is 9.90. The van der Waals surface area contributed by atoms with E-state index in [1.165, 1.54) is 23.4 Å². The van der Waals surface area contributed by atoms with Crippen LogP contribution in [0.4, 0.5) is 0 Å². The summed E-state index contributed by atoms with van der Waals surface area (Å²) in [4.78, 5) is 0. The molecule has 3 heterocycles. The first-order chi connectivity index (χ1) is 9.15. The second kappa shape index (κ2) is 5.11. The summed E-state index contributed by atoms with van der Waals surface area (Å²) in [6.45, 7) is 5.66. The van der Waals surface area contributed by atoms with E-state index in [-0.39, 0.29) is 5.60 Å². The van der Waals surface area contributed by atoms with Gasteiger partial charge in [0.05, 0.1) is 17.3 Å². The van der Waals surface area contributed by atoms with E-state index in [4.69, 9.17) is 15.6 Å². The summed E-state index contributed by atoms with van der Waals surface area (Å²) in [6.07, 6.45) is 3.36. The number of hydrogen-bond acceptors (Lipinski definition) is 4. The van der Waals surface area contributed by atoms with E-state index >= 15 is 0 Å². The topological polar surface area (TPSA) is 53.1 Å². The van der Waals surface area contributed by atoms with Crippen LogP contribution >= 0.6 is 11.8 Å². The van der Waals surface area contributed by atoms with Gasteiger partial charge in [-0.25, -0.2) is 0 Å². The van der Waals surface area contributed by atoms with E-state index in [0.29, 0.717) is 12.6 Å². The Hall–Kier alpha value is -0.520. The van der Waals surface area contributed by atoms with Crippen LogP contribution < -0.4 is 5.73 Å². The minimum Gasteiger partial charge on any atom is -0.374 e. The Morgan fingerprint density at radius 1 is 1.53 bits per heavy atom. The van der Waals surface area contributed by atoms with Gasteiger partial charge in [-0.05, 0) is 38.9 Å². The molecular weight excluding hydrogens is 258 g/mol. The largest absolute Gasteiger partial charge is 0.374 e. The molecule has 3 rings (SSSR count). The van der Waals surface area contributed by atoms with Crippen molar-refractivity contribution in [2.45, 2.75) is 51.3 Å². The highest BCUT2D eigenvalue weighted by molar-refractivity contribution is 7.99. The van der Waals surface area contributed by atoms with Gasteiger partial charge >= 0.3 is 0 Å². The number of nitrogens with two attached hydrogens (primary N) is 1. The molecule has 106 valence electrons. The molecule has 2 unspecified atom stereocenters. The molecule has 0 amide bonds. The maximum absolute atomic E-state index is 6.09. The fraction of sp³-hybridized carbons (Fsp3) is 0.786. The van der Waals surface area contributed by atoms with Crippen molar-refractivity contribution < 1.29 is 4.74 Å². The number of nitrogens with zero attached hydrogens (tertiary/aromatic N) is 2. The number of hydrogen-bond donors (Lipinski definition) is 1. The summed E-state index contributed by atoms with van der Waals surface area (Å²) in [6, 6.07) is 0.478. The summed E-state index contributed by atoms with van der Waals surface area (Å²) in [5.41, 5.74) is 9.48. The summed E-state index contributed by atoms with van der Waals surface area (Å²) >= 11 is 2.02. The van der Waals surface area contributed by atoms with Crippen LogP contribution in [0, 0.1) is 13.8 Å². The lowest BCUT2D eigenvalue weighted by Gasteiger charge is -2.38. The van der Waals surface area contributed by atoms with Crippen LogP contribution in [0.5, 0.6) is 0 Å². The van der Waals surface area contributed by atoms with Crippen molar-refractivity contribution in [3.63, 3.8) is 0 Å². The molecule has 2 atom stereocenters. The smallest absolute Gasteiger partial charge is 0.0800 e. The van der Waals surface area contributed by atoms with E-state index in [2.05, 4.69) is 18.5 Å². The zero-order valence-electron chi connectivity index (χ0n) is 11.8. The van der Waals surface area contributed by atoms with Gasteiger partial charge in [-0.1, -0.05) is 0 Å². The maximum atomic E-state index is 6.09. The normalized spacial score (nSPS) is 31.2. The monoisotopic (exact) mass is 281 g/mol. The van der Waals surface area contributed by atoms with Gasteiger partial charge in [-0.2, -0.15) is 16.9 Å². The Kier molecular flexibility index (Phi) is 3.62. The summed E-state index contributed by atoms with van der Waals surface area (Å²) < 4.78 is 8.31. The Morgan fingerprint density at radius 2 is 2.37 bits per heavy atom. The number of rotatable bonds is 2. The van der Waals surface area contributed by atoms with Gasteiger partial charge in [0, 0.05) is 30.2 Å². The van der Waals surface area contributed by atoms with Crippen LogP contribution in [0.15, 0.2) is 0 Å². The minimum atomic E-state index is 0.114. The SMILES string of the molecule is Cc1nn(C2CCOC3(CCSC3)C2)c(C)c1CN. The third-order valence-corrected chi connectivity index (χ3v) is 5.78. The number of ether oxygens (including phenoxy) is 1. The molecule has 19 heavy (non-hydrogen) atoms. The number of thioether (sulfide) groups is 1. The molecule has 2 saturated heterocycles. The molecule has 1 aromatic rings.